The molecule has 0 spiro atoms. The van der Waals surface area contributed by atoms with Crippen molar-refractivity contribution in [2.24, 2.45) is 5.92 Å². The predicted molar refractivity (Wildman–Crippen MR) is 189 cm³/mol. The topological polar surface area (TPSA) is 47.9 Å². The molecule has 0 aliphatic rings. The first-order chi connectivity index (χ1) is 26.7. The van der Waals surface area contributed by atoms with E-state index in [0.29, 0.717) is 49.5 Å². The fraction of sp³-hybridized carbons (Fsp3) is 0.415. The van der Waals surface area contributed by atoms with Crippen molar-refractivity contribution in [3.8, 4) is 45.3 Å². The number of phenolic OH excluding ortho intramolecular Hbond substituents is 1. The van der Waals surface area contributed by atoms with Crippen molar-refractivity contribution in [1.82, 2.24) is 0 Å². The first-order valence-electron chi connectivity index (χ1n) is 18.1. The summed E-state index contributed by atoms with van der Waals surface area (Å²) >= 11 is 0. The molecular formula is C41H40F12O4. The van der Waals surface area contributed by atoms with Gasteiger partial charge in [0.05, 0.1) is 30.9 Å². The summed E-state index contributed by atoms with van der Waals surface area (Å²) in [6.45, 7) is 3.79. The van der Waals surface area contributed by atoms with E-state index in [1.807, 2.05) is 0 Å². The Balaban J connectivity index is 1.22. The molecule has 0 heterocycles. The maximum Gasteiger partial charge on any atom is 0.420 e. The van der Waals surface area contributed by atoms with Crippen LogP contribution in [0.3, 0.4) is 0 Å². The Morgan fingerprint density at radius 3 is 1.26 bits per heavy atom. The molecule has 0 aliphatic carbocycles. The highest BCUT2D eigenvalue weighted by atomic mass is 19.4. The van der Waals surface area contributed by atoms with E-state index in [1.54, 1.807) is 0 Å². The van der Waals surface area contributed by atoms with E-state index >= 15 is 0 Å². The van der Waals surface area contributed by atoms with Gasteiger partial charge >= 0.3 is 24.7 Å². The summed E-state index contributed by atoms with van der Waals surface area (Å²) in [6.07, 6.45) is -15.8. The van der Waals surface area contributed by atoms with Gasteiger partial charge in [-0.2, -0.15) is 52.7 Å². The summed E-state index contributed by atoms with van der Waals surface area (Å²) in [7, 11) is 0. The van der Waals surface area contributed by atoms with Gasteiger partial charge in [0, 0.05) is 0 Å². The van der Waals surface area contributed by atoms with Gasteiger partial charge in [-0.3, -0.25) is 0 Å². The Hall–Kier alpha value is -4.76. The van der Waals surface area contributed by atoms with Gasteiger partial charge in [-0.05, 0) is 97.2 Å². The second-order valence-electron chi connectivity index (χ2n) is 13.2. The van der Waals surface area contributed by atoms with Crippen LogP contribution in [0.15, 0.2) is 72.8 Å². The lowest BCUT2D eigenvalue weighted by molar-refractivity contribution is -0.162. The summed E-state index contributed by atoms with van der Waals surface area (Å²) < 4.78 is 181. The highest BCUT2D eigenvalue weighted by Crippen LogP contribution is 2.50. The van der Waals surface area contributed by atoms with Crippen molar-refractivity contribution in [1.29, 1.82) is 0 Å². The monoisotopic (exact) mass is 824 g/mol. The number of phenols is 1. The number of unbranched alkanes of at least 4 members (excludes halogenated alkanes) is 2. The normalized spacial score (nSPS) is 13.1. The zero-order valence-corrected chi connectivity index (χ0v) is 30.8. The minimum atomic E-state index is -5.44. The molecule has 0 aromatic heterocycles. The molecule has 0 amide bonds. The largest absolute Gasteiger partial charge is 0.507 e. The minimum absolute atomic E-state index is 0.0724. The highest BCUT2D eigenvalue weighted by molar-refractivity contribution is 5.73. The van der Waals surface area contributed by atoms with E-state index in [-0.39, 0.29) is 17.7 Å². The molecule has 0 saturated heterocycles. The number of aromatic hydroxyl groups is 1. The molecular weight excluding hydrogens is 784 g/mol. The summed E-state index contributed by atoms with van der Waals surface area (Å²) in [5, 5.41) is 9.60. The van der Waals surface area contributed by atoms with Crippen LogP contribution in [-0.4, -0.2) is 24.9 Å². The SMILES string of the molecule is CCOc1ccc(-c2ccc(OCCCCC(CC)CCCCOc3ccc(-c4ccc(O)c(C(F)(F)F)c4C(F)(F)F)cc3)cc2)c(C(F)(F)F)c1C(F)(F)F. The number of benzene rings is 4. The molecule has 1 unspecified atom stereocenters. The van der Waals surface area contributed by atoms with Gasteiger partial charge in [0.15, 0.2) is 0 Å². The Bertz CT molecular complexity index is 1900. The van der Waals surface area contributed by atoms with Crippen LogP contribution in [0.5, 0.6) is 23.0 Å². The highest BCUT2D eigenvalue weighted by Gasteiger charge is 2.48. The summed E-state index contributed by atoms with van der Waals surface area (Å²) in [5.41, 5.74) is -9.40. The minimum Gasteiger partial charge on any atom is -0.507 e. The molecule has 4 aromatic carbocycles. The lowest BCUT2D eigenvalue weighted by Crippen LogP contribution is -2.19. The molecule has 0 saturated carbocycles. The number of halogens is 12. The first kappa shape index (κ1) is 44.9. The third-order valence-corrected chi connectivity index (χ3v) is 9.24. The van der Waals surface area contributed by atoms with Gasteiger partial charge < -0.3 is 19.3 Å². The van der Waals surface area contributed by atoms with E-state index in [4.69, 9.17) is 14.2 Å². The average molecular weight is 825 g/mol. The maximum absolute atomic E-state index is 14.0. The van der Waals surface area contributed by atoms with Crippen LogP contribution in [0.1, 0.15) is 81.0 Å². The van der Waals surface area contributed by atoms with E-state index in [1.165, 1.54) is 55.5 Å². The van der Waals surface area contributed by atoms with Crippen LogP contribution in [-0.2, 0) is 24.7 Å². The van der Waals surface area contributed by atoms with E-state index in [2.05, 4.69) is 6.92 Å². The van der Waals surface area contributed by atoms with Crippen molar-refractivity contribution in [3.63, 3.8) is 0 Å². The fourth-order valence-corrected chi connectivity index (χ4v) is 6.55. The van der Waals surface area contributed by atoms with Crippen LogP contribution in [0, 0.1) is 5.92 Å². The van der Waals surface area contributed by atoms with Gasteiger partial charge in [0.25, 0.3) is 0 Å². The van der Waals surface area contributed by atoms with E-state index < -0.39 is 69.6 Å². The summed E-state index contributed by atoms with van der Waals surface area (Å²) in [5.74, 6) is -1.35. The molecule has 16 heteroatoms. The van der Waals surface area contributed by atoms with Gasteiger partial charge in [-0.1, -0.05) is 62.6 Å². The van der Waals surface area contributed by atoms with Crippen LogP contribution in [0.4, 0.5) is 52.7 Å². The van der Waals surface area contributed by atoms with Gasteiger partial charge in [0.1, 0.15) is 34.1 Å². The van der Waals surface area contributed by atoms with E-state index in [9.17, 15) is 57.8 Å². The van der Waals surface area contributed by atoms with Gasteiger partial charge in [0.2, 0.25) is 0 Å². The smallest absolute Gasteiger partial charge is 0.420 e. The number of ether oxygens (including phenoxy) is 3. The number of rotatable bonds is 17. The van der Waals surface area contributed by atoms with Crippen molar-refractivity contribution in [2.45, 2.75) is 83.5 Å². The molecule has 0 radical (unpaired) electrons. The lowest BCUT2D eigenvalue weighted by Gasteiger charge is -2.22. The fourth-order valence-electron chi connectivity index (χ4n) is 6.55. The summed E-state index contributed by atoms with van der Waals surface area (Å²) in [4.78, 5) is 0. The van der Waals surface area contributed by atoms with E-state index in [0.717, 1.165) is 50.3 Å². The second kappa shape index (κ2) is 18.7. The molecule has 1 atom stereocenters. The van der Waals surface area contributed by atoms with Crippen molar-refractivity contribution in [3.05, 3.63) is 95.1 Å². The van der Waals surface area contributed by atoms with Gasteiger partial charge in [-0.25, -0.2) is 0 Å². The zero-order valence-electron chi connectivity index (χ0n) is 30.8. The van der Waals surface area contributed by atoms with Crippen molar-refractivity contribution in [2.75, 3.05) is 19.8 Å². The Labute approximate surface area is 321 Å². The molecule has 0 bridgehead atoms. The second-order valence-corrected chi connectivity index (χ2v) is 13.2. The quantitative estimate of drug-likeness (QED) is 0.0851. The third-order valence-electron chi connectivity index (χ3n) is 9.24. The molecule has 1 N–H and O–H groups in total. The molecule has 57 heavy (non-hydrogen) atoms. The standard InChI is InChI=1S/C41H40F12O4/c1-3-25(9-5-7-23-56-28-15-11-26(12-16-28)30-19-21-32(54)36(40(48,49)50)34(30)38(42,43)44)10-6-8-24-57-29-17-13-27(14-18-29)31-20-22-33(55-4-2)37(41(51,52)53)35(31)39(45,46)47/h11-22,25,54H,3-10,23-24H2,1-2H3. The van der Waals surface area contributed by atoms with Crippen molar-refractivity contribution < 1.29 is 72.0 Å². The third kappa shape index (κ3) is 11.9. The molecule has 4 nitrogen and oxygen atoms in total. The Kier molecular flexibility index (Phi) is 14.7. The first-order valence-corrected chi connectivity index (χ1v) is 18.1. The molecule has 4 rings (SSSR count). The zero-order chi connectivity index (χ0) is 42.2. The summed E-state index contributed by atoms with van der Waals surface area (Å²) in [6, 6.07) is 13.7. The molecule has 0 fully saturated rings. The lowest BCUT2D eigenvalue weighted by atomic mass is 9.93. The van der Waals surface area contributed by atoms with Crippen LogP contribution >= 0.6 is 0 Å². The Morgan fingerprint density at radius 2 is 0.877 bits per heavy atom. The number of hydrogen-bond donors (Lipinski definition) is 1. The van der Waals surface area contributed by atoms with Crippen LogP contribution in [0.25, 0.3) is 22.3 Å². The number of hydrogen-bond acceptors (Lipinski definition) is 4. The maximum atomic E-state index is 14.0. The molecule has 312 valence electrons. The average Bonchev–Trinajstić information content (AvgIpc) is 3.12. The Morgan fingerprint density at radius 1 is 0.474 bits per heavy atom. The van der Waals surface area contributed by atoms with Crippen LogP contribution in [0.2, 0.25) is 0 Å². The number of alkyl halides is 12. The van der Waals surface area contributed by atoms with Gasteiger partial charge in [-0.15, -0.1) is 0 Å². The molecule has 4 aromatic rings. The predicted octanol–water partition coefficient (Wildman–Crippen LogP) is 14.0. The molecule has 0 aliphatic heterocycles. The van der Waals surface area contributed by atoms with Crippen LogP contribution < -0.4 is 14.2 Å². The van der Waals surface area contributed by atoms with Crippen molar-refractivity contribution >= 4 is 0 Å².